The van der Waals surface area contributed by atoms with E-state index in [-0.39, 0.29) is 11.7 Å². The molecular weight excluding hydrogens is 426 g/mol. The van der Waals surface area contributed by atoms with Crippen LogP contribution in [0.2, 0.25) is 0 Å². The highest BCUT2D eigenvalue weighted by Crippen LogP contribution is 2.37. The third-order valence-electron chi connectivity index (χ3n) is 5.60. The van der Waals surface area contributed by atoms with Crippen molar-refractivity contribution in [2.75, 3.05) is 6.61 Å². The molecule has 4 aromatic heterocycles. The first kappa shape index (κ1) is 20.5. The van der Waals surface area contributed by atoms with Crippen molar-refractivity contribution in [3.05, 3.63) is 53.6 Å². The summed E-state index contributed by atoms with van der Waals surface area (Å²) in [6.45, 7) is 4.66. The summed E-state index contributed by atoms with van der Waals surface area (Å²) in [4.78, 5) is 20.3. The molecule has 2 N–H and O–H groups in total. The highest BCUT2D eigenvalue weighted by Gasteiger charge is 2.33. The van der Waals surface area contributed by atoms with Crippen molar-refractivity contribution in [2.24, 2.45) is 5.73 Å². The van der Waals surface area contributed by atoms with Crippen molar-refractivity contribution >= 4 is 17.2 Å². The molecule has 1 saturated carbocycles. The number of hydrogen-bond acceptors (Lipinski definition) is 7. The van der Waals surface area contributed by atoms with Crippen molar-refractivity contribution < 1.29 is 9.53 Å². The Morgan fingerprint density at radius 3 is 2.81 bits per heavy atom. The summed E-state index contributed by atoms with van der Waals surface area (Å²) in [6.07, 6.45) is 7.86. The van der Waals surface area contributed by atoms with Gasteiger partial charge in [-0.3, -0.25) is 14.5 Å². The van der Waals surface area contributed by atoms with Gasteiger partial charge in [0.05, 0.1) is 35.3 Å². The highest BCUT2D eigenvalue weighted by molar-refractivity contribution is 7.13. The summed E-state index contributed by atoms with van der Waals surface area (Å²) < 4.78 is 9.52. The quantitative estimate of drug-likeness (QED) is 0.463. The van der Waals surface area contributed by atoms with E-state index in [0.29, 0.717) is 11.1 Å². The fourth-order valence-electron chi connectivity index (χ4n) is 3.85. The van der Waals surface area contributed by atoms with Gasteiger partial charge in [-0.2, -0.15) is 10.2 Å². The maximum Gasteiger partial charge on any atom is 0.268 e. The Morgan fingerprint density at radius 1 is 1.28 bits per heavy atom. The first-order valence-corrected chi connectivity index (χ1v) is 11.4. The molecule has 0 aromatic carbocycles. The molecule has 0 unspecified atom stereocenters. The third-order valence-corrected chi connectivity index (χ3v) is 6.47. The molecule has 0 bridgehead atoms. The Kier molecular flexibility index (Phi) is 5.32. The van der Waals surface area contributed by atoms with Gasteiger partial charge in [0, 0.05) is 24.4 Å². The van der Waals surface area contributed by atoms with Crippen LogP contribution in [0, 0.1) is 6.92 Å². The topological polar surface area (TPSA) is 114 Å². The zero-order chi connectivity index (χ0) is 22.2. The van der Waals surface area contributed by atoms with E-state index < -0.39 is 5.91 Å². The van der Waals surface area contributed by atoms with Gasteiger partial charge < -0.3 is 10.5 Å². The molecular formula is C22H23N7O2S. The normalized spacial score (nSPS) is 17.9. The predicted octanol–water partition coefficient (Wildman–Crippen LogP) is 3.40. The number of carbonyl (C=O) groups excluding carboxylic acids is 1. The van der Waals surface area contributed by atoms with Crippen LogP contribution >= 0.6 is 11.3 Å². The zero-order valence-corrected chi connectivity index (χ0v) is 18.6. The molecule has 4 heterocycles. The summed E-state index contributed by atoms with van der Waals surface area (Å²) in [5.41, 5.74) is 9.65. The monoisotopic (exact) mass is 449 g/mol. The number of pyridine rings is 1. The van der Waals surface area contributed by atoms with E-state index in [1.807, 2.05) is 53.8 Å². The number of carbonyl (C=O) groups is 1. The van der Waals surface area contributed by atoms with Gasteiger partial charge in [0.1, 0.15) is 22.1 Å². The van der Waals surface area contributed by atoms with Crippen molar-refractivity contribution in [3.63, 3.8) is 0 Å². The fraction of sp³-hybridized carbons (Fsp3) is 0.318. The van der Waals surface area contributed by atoms with E-state index in [4.69, 9.17) is 20.7 Å². The molecule has 9 nitrogen and oxygen atoms in total. The molecule has 32 heavy (non-hydrogen) atoms. The number of ether oxygens (including phenoxy) is 1. The minimum absolute atomic E-state index is 0.257. The fourth-order valence-corrected chi connectivity index (χ4v) is 4.72. The second-order valence-corrected chi connectivity index (χ2v) is 8.59. The molecule has 1 fully saturated rings. The van der Waals surface area contributed by atoms with Crippen LogP contribution in [-0.2, 0) is 4.74 Å². The number of nitrogens with zero attached hydrogens (tertiary/aromatic N) is 6. The van der Waals surface area contributed by atoms with E-state index in [1.54, 1.807) is 11.6 Å². The van der Waals surface area contributed by atoms with Crippen LogP contribution in [0.25, 0.3) is 27.6 Å². The Bertz CT molecular complexity index is 1250. The maximum absolute atomic E-state index is 11.4. The van der Waals surface area contributed by atoms with E-state index in [9.17, 15) is 4.79 Å². The lowest BCUT2D eigenvalue weighted by Gasteiger charge is -2.34. The van der Waals surface area contributed by atoms with Crippen molar-refractivity contribution in [3.8, 4) is 27.6 Å². The number of thiazole rings is 1. The molecule has 0 spiro atoms. The predicted molar refractivity (Wildman–Crippen MR) is 121 cm³/mol. The molecule has 0 aliphatic heterocycles. The van der Waals surface area contributed by atoms with Gasteiger partial charge in [0.15, 0.2) is 0 Å². The van der Waals surface area contributed by atoms with Crippen LogP contribution in [0.3, 0.4) is 0 Å². The van der Waals surface area contributed by atoms with E-state index in [1.165, 1.54) is 11.3 Å². The van der Waals surface area contributed by atoms with Crippen molar-refractivity contribution in [1.82, 2.24) is 29.5 Å². The van der Waals surface area contributed by atoms with Crippen LogP contribution < -0.4 is 5.73 Å². The molecule has 10 heteroatoms. The Morgan fingerprint density at radius 2 is 2.12 bits per heavy atom. The van der Waals surface area contributed by atoms with E-state index in [2.05, 4.69) is 9.97 Å². The number of hydrogen-bond donors (Lipinski definition) is 1. The smallest absolute Gasteiger partial charge is 0.268 e. The minimum atomic E-state index is -0.540. The molecule has 1 amide bonds. The first-order chi connectivity index (χ1) is 15.5. The summed E-state index contributed by atoms with van der Waals surface area (Å²) in [7, 11) is 0. The van der Waals surface area contributed by atoms with Crippen LogP contribution in [0.4, 0.5) is 0 Å². The van der Waals surface area contributed by atoms with Crippen LogP contribution in [0.15, 0.2) is 42.2 Å². The maximum atomic E-state index is 11.4. The minimum Gasteiger partial charge on any atom is -0.378 e. The number of nitrogens with two attached hydrogens (primary N) is 1. The summed E-state index contributed by atoms with van der Waals surface area (Å²) in [5, 5.41) is 12.0. The summed E-state index contributed by atoms with van der Waals surface area (Å²) in [6, 6.07) is 6.06. The lowest BCUT2D eigenvalue weighted by Crippen LogP contribution is -2.33. The van der Waals surface area contributed by atoms with Gasteiger partial charge in [-0.05, 0) is 38.8 Å². The molecule has 1 aliphatic carbocycles. The average molecular weight is 450 g/mol. The zero-order valence-electron chi connectivity index (χ0n) is 17.8. The van der Waals surface area contributed by atoms with Gasteiger partial charge in [0.25, 0.3) is 5.91 Å². The van der Waals surface area contributed by atoms with E-state index >= 15 is 0 Å². The number of rotatable bonds is 7. The van der Waals surface area contributed by atoms with Crippen LogP contribution in [-0.4, -0.2) is 48.1 Å². The average Bonchev–Trinajstić information content (AvgIpc) is 3.49. The summed E-state index contributed by atoms with van der Waals surface area (Å²) in [5.74, 6) is -0.540. The van der Waals surface area contributed by atoms with Crippen molar-refractivity contribution in [2.45, 2.75) is 38.8 Å². The van der Waals surface area contributed by atoms with Gasteiger partial charge in [-0.1, -0.05) is 6.07 Å². The van der Waals surface area contributed by atoms with Crippen molar-refractivity contribution in [1.29, 1.82) is 0 Å². The van der Waals surface area contributed by atoms with Crippen LogP contribution in [0.1, 0.15) is 42.0 Å². The second-order valence-electron chi connectivity index (χ2n) is 7.74. The largest absolute Gasteiger partial charge is 0.378 e. The first-order valence-electron chi connectivity index (χ1n) is 10.5. The number of aromatic nitrogens is 6. The molecule has 0 atom stereocenters. The lowest BCUT2D eigenvalue weighted by atomic mass is 9.89. The molecule has 1 aliphatic rings. The third kappa shape index (κ3) is 3.71. The van der Waals surface area contributed by atoms with Gasteiger partial charge in [-0.25, -0.2) is 9.67 Å². The molecule has 5 rings (SSSR count). The van der Waals surface area contributed by atoms with E-state index in [0.717, 1.165) is 47.8 Å². The number of aryl methyl sites for hydroxylation is 1. The number of amides is 1. The lowest BCUT2D eigenvalue weighted by molar-refractivity contribution is -0.0226. The Hall–Kier alpha value is -3.37. The Labute approximate surface area is 188 Å². The van der Waals surface area contributed by atoms with Gasteiger partial charge >= 0.3 is 0 Å². The van der Waals surface area contributed by atoms with Gasteiger partial charge in [-0.15, -0.1) is 11.3 Å². The molecule has 164 valence electrons. The van der Waals surface area contributed by atoms with Gasteiger partial charge in [0.2, 0.25) is 0 Å². The SMILES string of the molecule is CCOC1CC(n2cc(-n3cc(-c4nc(C(N)=O)cs4)c(C)n3)c(-c3ccccn3)n2)C1. The highest BCUT2D eigenvalue weighted by atomic mass is 32.1. The number of primary amides is 1. The standard InChI is InChI=1S/C22H23N7O2S/c1-3-31-15-8-14(9-15)28-11-19(20(27-28)17-6-4-5-7-24-17)29-10-16(13(2)26-29)22-25-18(12-32-22)21(23)30/h4-7,10-12,14-15H,3,8-9H2,1-2H3,(H2,23,30). The summed E-state index contributed by atoms with van der Waals surface area (Å²) >= 11 is 1.37. The second kappa shape index (κ2) is 8.29. The molecule has 4 aromatic rings. The molecule has 0 saturated heterocycles. The van der Waals surface area contributed by atoms with Crippen LogP contribution in [0.5, 0.6) is 0 Å². The Balaban J connectivity index is 1.53. The molecule has 0 radical (unpaired) electrons.